The van der Waals surface area contributed by atoms with Crippen LogP contribution >= 0.6 is 0 Å². The average Bonchev–Trinajstić information content (AvgIpc) is 2.42. The molecule has 1 aromatic rings. The van der Waals surface area contributed by atoms with Crippen LogP contribution in [0.25, 0.3) is 0 Å². The molecular formula is C14H20FN3O2. The Hall–Kier alpha value is -1.69. The lowest BCUT2D eigenvalue weighted by atomic mass is 9.94. The van der Waals surface area contributed by atoms with Gasteiger partial charge in [-0.05, 0) is 57.5 Å². The maximum absolute atomic E-state index is 13.0. The lowest BCUT2D eigenvalue weighted by Crippen LogP contribution is -2.30. The molecule has 0 aromatic heterocycles. The molecule has 0 radical (unpaired) electrons. The van der Waals surface area contributed by atoms with Gasteiger partial charge in [-0.2, -0.15) is 0 Å². The molecule has 1 N–H and O–H groups in total. The van der Waals surface area contributed by atoms with Crippen molar-refractivity contribution in [2.75, 3.05) is 32.0 Å². The molecular weight excluding hydrogens is 261 g/mol. The van der Waals surface area contributed by atoms with E-state index in [4.69, 9.17) is 0 Å². The molecule has 0 aliphatic carbocycles. The quantitative estimate of drug-likeness (QED) is 0.666. The van der Waals surface area contributed by atoms with E-state index in [9.17, 15) is 14.5 Å². The molecule has 0 spiro atoms. The van der Waals surface area contributed by atoms with Gasteiger partial charge in [-0.3, -0.25) is 10.1 Å². The summed E-state index contributed by atoms with van der Waals surface area (Å²) in [5, 5.41) is 13.9. The number of benzene rings is 1. The van der Waals surface area contributed by atoms with Gasteiger partial charge in [0, 0.05) is 6.54 Å². The van der Waals surface area contributed by atoms with Crippen LogP contribution in [0, 0.1) is 21.8 Å². The monoisotopic (exact) mass is 281 g/mol. The summed E-state index contributed by atoms with van der Waals surface area (Å²) in [6.07, 6.45) is 3.33. The van der Waals surface area contributed by atoms with Crippen molar-refractivity contribution >= 4 is 11.4 Å². The van der Waals surface area contributed by atoms with Gasteiger partial charge < -0.3 is 10.2 Å². The molecule has 0 atom stereocenters. The second-order valence-electron chi connectivity index (χ2n) is 5.38. The fraction of sp³-hybridized carbons (Fsp3) is 0.571. The van der Waals surface area contributed by atoms with Gasteiger partial charge in [0.1, 0.15) is 11.5 Å². The van der Waals surface area contributed by atoms with Gasteiger partial charge in [0.05, 0.1) is 11.0 Å². The van der Waals surface area contributed by atoms with Crippen LogP contribution in [0.4, 0.5) is 15.8 Å². The van der Waals surface area contributed by atoms with Crippen LogP contribution in [0.2, 0.25) is 0 Å². The third kappa shape index (κ3) is 3.90. The van der Waals surface area contributed by atoms with E-state index >= 15 is 0 Å². The molecule has 1 aliphatic rings. The molecule has 1 fully saturated rings. The minimum atomic E-state index is -0.586. The maximum Gasteiger partial charge on any atom is 0.295 e. The Morgan fingerprint density at radius 3 is 2.80 bits per heavy atom. The number of nitrogens with zero attached hydrogens (tertiary/aromatic N) is 2. The Morgan fingerprint density at radius 2 is 2.15 bits per heavy atom. The number of hydrogen-bond donors (Lipinski definition) is 1. The second-order valence-corrected chi connectivity index (χ2v) is 5.38. The first-order chi connectivity index (χ1) is 9.56. The van der Waals surface area contributed by atoms with Crippen LogP contribution in [0.15, 0.2) is 18.2 Å². The molecule has 1 heterocycles. The van der Waals surface area contributed by atoms with Crippen LogP contribution < -0.4 is 5.32 Å². The molecule has 1 aromatic carbocycles. The van der Waals surface area contributed by atoms with Crippen molar-refractivity contribution in [3.63, 3.8) is 0 Å². The molecule has 0 amide bonds. The largest absolute Gasteiger partial charge is 0.379 e. The summed E-state index contributed by atoms with van der Waals surface area (Å²) in [6, 6.07) is 3.63. The minimum absolute atomic E-state index is 0.201. The Kier molecular flexibility index (Phi) is 4.89. The van der Waals surface area contributed by atoms with Crippen LogP contribution in [-0.4, -0.2) is 36.5 Å². The summed E-state index contributed by atoms with van der Waals surface area (Å²) in [5.74, 6) is 0.0794. The van der Waals surface area contributed by atoms with E-state index in [1.807, 2.05) is 0 Å². The predicted molar refractivity (Wildman–Crippen MR) is 76.4 cm³/mol. The Labute approximate surface area is 117 Å². The van der Waals surface area contributed by atoms with Crippen LogP contribution in [0.1, 0.15) is 19.3 Å². The zero-order valence-electron chi connectivity index (χ0n) is 11.6. The number of likely N-dealkylation sites (tertiary alicyclic amines) is 1. The summed E-state index contributed by atoms with van der Waals surface area (Å²) in [4.78, 5) is 12.6. The summed E-state index contributed by atoms with van der Waals surface area (Å²) >= 11 is 0. The highest BCUT2D eigenvalue weighted by Crippen LogP contribution is 2.26. The average molecular weight is 281 g/mol. The SMILES string of the molecule is CN1CCC(CCNc2ccc(F)cc2[N+](=O)[O-])CC1. The molecule has 2 rings (SSSR count). The smallest absolute Gasteiger partial charge is 0.295 e. The fourth-order valence-electron chi connectivity index (χ4n) is 2.57. The molecule has 110 valence electrons. The standard InChI is InChI=1S/C14H20FN3O2/c1-17-8-5-11(6-9-17)4-7-16-13-3-2-12(15)10-14(13)18(19)20/h2-3,10-11,16H,4-9H2,1H3. The van der Waals surface area contributed by atoms with Gasteiger partial charge in [0.15, 0.2) is 0 Å². The van der Waals surface area contributed by atoms with E-state index in [2.05, 4.69) is 17.3 Å². The topological polar surface area (TPSA) is 58.4 Å². The van der Waals surface area contributed by atoms with Crippen molar-refractivity contribution in [3.05, 3.63) is 34.1 Å². The number of halogens is 1. The number of nitro groups is 1. The van der Waals surface area contributed by atoms with E-state index in [0.717, 1.165) is 25.6 Å². The van der Waals surface area contributed by atoms with E-state index < -0.39 is 10.7 Å². The summed E-state index contributed by atoms with van der Waals surface area (Å²) in [6.45, 7) is 2.91. The molecule has 5 nitrogen and oxygen atoms in total. The third-order valence-corrected chi connectivity index (χ3v) is 3.86. The third-order valence-electron chi connectivity index (χ3n) is 3.86. The molecule has 1 saturated heterocycles. The second kappa shape index (κ2) is 6.65. The predicted octanol–water partition coefficient (Wildman–Crippen LogP) is 2.88. The van der Waals surface area contributed by atoms with Crippen molar-refractivity contribution in [1.82, 2.24) is 4.90 Å². The highest BCUT2D eigenvalue weighted by molar-refractivity contribution is 5.61. The van der Waals surface area contributed by atoms with Crippen molar-refractivity contribution in [2.45, 2.75) is 19.3 Å². The minimum Gasteiger partial charge on any atom is -0.379 e. The first-order valence-corrected chi connectivity index (χ1v) is 6.92. The highest BCUT2D eigenvalue weighted by atomic mass is 19.1. The van der Waals surface area contributed by atoms with Gasteiger partial charge in [0.25, 0.3) is 5.69 Å². The van der Waals surface area contributed by atoms with E-state index in [-0.39, 0.29) is 5.69 Å². The number of anilines is 1. The first-order valence-electron chi connectivity index (χ1n) is 6.92. The van der Waals surface area contributed by atoms with Crippen molar-refractivity contribution < 1.29 is 9.31 Å². The van der Waals surface area contributed by atoms with Crippen molar-refractivity contribution in [3.8, 4) is 0 Å². The van der Waals surface area contributed by atoms with Gasteiger partial charge >= 0.3 is 0 Å². The summed E-state index contributed by atoms with van der Waals surface area (Å²) in [5.41, 5.74) is 0.192. The lowest BCUT2D eigenvalue weighted by Gasteiger charge is -2.28. The normalized spacial score (nSPS) is 17.1. The van der Waals surface area contributed by atoms with Gasteiger partial charge in [-0.15, -0.1) is 0 Å². The molecule has 0 unspecified atom stereocenters. The molecule has 0 saturated carbocycles. The lowest BCUT2D eigenvalue weighted by molar-refractivity contribution is -0.384. The molecule has 20 heavy (non-hydrogen) atoms. The van der Waals surface area contributed by atoms with Gasteiger partial charge in [-0.1, -0.05) is 0 Å². The van der Waals surface area contributed by atoms with Crippen molar-refractivity contribution in [1.29, 1.82) is 0 Å². The number of piperidine rings is 1. The Bertz CT molecular complexity index is 473. The van der Waals surface area contributed by atoms with Crippen LogP contribution in [-0.2, 0) is 0 Å². The van der Waals surface area contributed by atoms with Crippen LogP contribution in [0.3, 0.4) is 0 Å². The summed E-state index contributed by atoms with van der Waals surface area (Å²) in [7, 11) is 2.12. The number of nitro benzene ring substituents is 1. The molecule has 6 heteroatoms. The number of rotatable bonds is 5. The van der Waals surface area contributed by atoms with Crippen LogP contribution in [0.5, 0.6) is 0 Å². The zero-order valence-corrected chi connectivity index (χ0v) is 11.6. The number of nitrogens with one attached hydrogen (secondary N) is 1. The Balaban J connectivity index is 1.86. The van der Waals surface area contributed by atoms with Gasteiger partial charge in [0.2, 0.25) is 0 Å². The maximum atomic E-state index is 13.0. The van der Waals surface area contributed by atoms with Crippen molar-refractivity contribution in [2.24, 2.45) is 5.92 Å². The van der Waals surface area contributed by atoms with E-state index in [1.165, 1.54) is 25.0 Å². The van der Waals surface area contributed by atoms with Gasteiger partial charge in [-0.25, -0.2) is 4.39 Å². The molecule has 0 bridgehead atoms. The number of hydrogen-bond acceptors (Lipinski definition) is 4. The zero-order chi connectivity index (χ0) is 14.5. The molecule has 1 aliphatic heterocycles. The summed E-state index contributed by atoms with van der Waals surface area (Å²) < 4.78 is 13.0. The fourth-order valence-corrected chi connectivity index (χ4v) is 2.57. The van der Waals surface area contributed by atoms with E-state index in [0.29, 0.717) is 18.2 Å². The highest BCUT2D eigenvalue weighted by Gasteiger charge is 2.18. The van der Waals surface area contributed by atoms with E-state index in [1.54, 1.807) is 0 Å². The first kappa shape index (κ1) is 14.7. The Morgan fingerprint density at radius 1 is 1.45 bits per heavy atom.